The van der Waals surface area contributed by atoms with Crippen molar-refractivity contribution >= 4 is 23.2 Å². The Labute approximate surface area is 116 Å². The molecule has 0 aliphatic rings. The van der Waals surface area contributed by atoms with Crippen molar-refractivity contribution < 1.29 is 0 Å². The number of nitrogens with one attached hydrogen (secondary N) is 1. The molecule has 4 nitrogen and oxygen atoms in total. The first kappa shape index (κ1) is 12.0. The van der Waals surface area contributed by atoms with Gasteiger partial charge in [0.05, 0.1) is 0 Å². The van der Waals surface area contributed by atoms with Crippen molar-refractivity contribution in [3.63, 3.8) is 0 Å². The van der Waals surface area contributed by atoms with Gasteiger partial charge in [0.25, 0.3) is 0 Å². The Morgan fingerprint density at radius 3 is 2.74 bits per heavy atom. The number of rotatable bonds is 3. The zero-order valence-electron chi connectivity index (χ0n) is 10.5. The molecule has 5 heteroatoms. The maximum absolute atomic E-state index is 5.85. The normalized spacial score (nSPS) is 10.8. The van der Waals surface area contributed by atoms with Gasteiger partial charge in [-0.15, -0.1) is 5.10 Å². The van der Waals surface area contributed by atoms with Gasteiger partial charge in [-0.2, -0.15) is 4.98 Å². The summed E-state index contributed by atoms with van der Waals surface area (Å²) in [5.41, 5.74) is 3.12. The van der Waals surface area contributed by atoms with E-state index in [0.29, 0.717) is 12.5 Å². The number of benzene rings is 1. The molecule has 0 unspecified atom stereocenters. The van der Waals surface area contributed by atoms with Gasteiger partial charge in [-0.25, -0.2) is 4.52 Å². The van der Waals surface area contributed by atoms with Crippen LogP contribution in [-0.2, 0) is 6.54 Å². The highest BCUT2D eigenvalue weighted by atomic mass is 35.5. The van der Waals surface area contributed by atoms with Crippen LogP contribution >= 0.6 is 11.6 Å². The lowest BCUT2D eigenvalue weighted by Gasteiger charge is -2.01. The lowest BCUT2D eigenvalue weighted by molar-refractivity contribution is 0.946. The molecule has 2 heterocycles. The molecule has 0 atom stereocenters. The number of nitrogens with zero attached hydrogens (tertiary/aromatic N) is 3. The van der Waals surface area contributed by atoms with Crippen LogP contribution in [0.5, 0.6) is 0 Å². The molecule has 2 aromatic heterocycles. The number of hydrogen-bond acceptors (Lipinski definition) is 3. The lowest BCUT2D eigenvalue weighted by Crippen LogP contribution is -2.00. The van der Waals surface area contributed by atoms with Crippen molar-refractivity contribution in [1.29, 1.82) is 0 Å². The second-order valence-corrected chi connectivity index (χ2v) is 4.81. The molecular formula is C14H13ClN4. The number of fused-ring (bicyclic) bond motifs is 1. The number of anilines is 1. The first-order valence-corrected chi connectivity index (χ1v) is 6.40. The van der Waals surface area contributed by atoms with Gasteiger partial charge >= 0.3 is 0 Å². The van der Waals surface area contributed by atoms with Crippen LogP contribution in [0.25, 0.3) is 5.65 Å². The Morgan fingerprint density at radius 2 is 2.00 bits per heavy atom. The smallest absolute Gasteiger partial charge is 0.243 e. The highest BCUT2D eigenvalue weighted by Gasteiger charge is 2.04. The molecule has 0 amide bonds. The third-order valence-electron chi connectivity index (χ3n) is 2.92. The van der Waals surface area contributed by atoms with E-state index in [0.717, 1.165) is 21.8 Å². The van der Waals surface area contributed by atoms with Gasteiger partial charge in [0, 0.05) is 17.8 Å². The summed E-state index contributed by atoms with van der Waals surface area (Å²) in [6.45, 7) is 2.69. The number of hydrogen-bond donors (Lipinski definition) is 1. The molecule has 0 spiro atoms. The summed E-state index contributed by atoms with van der Waals surface area (Å²) in [4.78, 5) is 4.46. The predicted molar refractivity (Wildman–Crippen MR) is 76.5 cm³/mol. The van der Waals surface area contributed by atoms with Gasteiger partial charge in [0.2, 0.25) is 5.95 Å². The maximum Gasteiger partial charge on any atom is 0.243 e. The van der Waals surface area contributed by atoms with Crippen LogP contribution in [0.2, 0.25) is 5.02 Å². The van der Waals surface area contributed by atoms with Crippen molar-refractivity contribution in [3.8, 4) is 0 Å². The lowest BCUT2D eigenvalue weighted by atomic mass is 10.2. The van der Waals surface area contributed by atoms with E-state index in [9.17, 15) is 0 Å². The van der Waals surface area contributed by atoms with E-state index in [-0.39, 0.29) is 0 Å². The molecular weight excluding hydrogens is 260 g/mol. The quantitative estimate of drug-likeness (QED) is 0.795. The summed E-state index contributed by atoms with van der Waals surface area (Å²) >= 11 is 5.85. The van der Waals surface area contributed by atoms with Crippen molar-refractivity contribution in [3.05, 3.63) is 58.7 Å². The second-order valence-electron chi connectivity index (χ2n) is 4.37. The minimum absolute atomic E-state index is 0.629. The topological polar surface area (TPSA) is 42.2 Å². The Hall–Kier alpha value is -2.07. The molecule has 0 saturated heterocycles. The fraction of sp³-hybridized carbons (Fsp3) is 0.143. The number of aryl methyl sites for hydroxylation is 1. The highest BCUT2D eigenvalue weighted by molar-refractivity contribution is 6.30. The zero-order valence-corrected chi connectivity index (χ0v) is 11.2. The molecule has 0 aliphatic heterocycles. The van der Waals surface area contributed by atoms with Gasteiger partial charge in [-0.05, 0) is 36.2 Å². The fourth-order valence-electron chi connectivity index (χ4n) is 1.90. The molecule has 0 bridgehead atoms. The summed E-state index contributed by atoms with van der Waals surface area (Å²) in [7, 11) is 0. The Bertz CT molecular complexity index is 703. The highest BCUT2D eigenvalue weighted by Crippen LogP contribution is 2.12. The van der Waals surface area contributed by atoms with Crippen molar-refractivity contribution in [2.75, 3.05) is 5.32 Å². The molecule has 0 fully saturated rings. The van der Waals surface area contributed by atoms with E-state index >= 15 is 0 Å². The summed E-state index contributed by atoms with van der Waals surface area (Å²) in [5.74, 6) is 0.629. The van der Waals surface area contributed by atoms with Gasteiger partial charge in [-0.1, -0.05) is 29.8 Å². The summed E-state index contributed by atoms with van der Waals surface area (Å²) in [6.07, 6.45) is 1.89. The van der Waals surface area contributed by atoms with Gasteiger partial charge < -0.3 is 5.32 Å². The van der Waals surface area contributed by atoms with E-state index in [4.69, 9.17) is 11.6 Å². The van der Waals surface area contributed by atoms with E-state index in [1.807, 2.05) is 49.5 Å². The molecule has 0 saturated carbocycles. The van der Waals surface area contributed by atoms with Gasteiger partial charge in [-0.3, -0.25) is 0 Å². The average Bonchev–Trinajstić information content (AvgIpc) is 2.83. The first-order chi connectivity index (χ1) is 9.22. The minimum Gasteiger partial charge on any atom is -0.349 e. The number of aromatic nitrogens is 3. The molecule has 1 N–H and O–H groups in total. The Balaban J connectivity index is 1.78. The summed E-state index contributed by atoms with van der Waals surface area (Å²) < 4.78 is 1.78. The van der Waals surface area contributed by atoms with Crippen LogP contribution in [0.4, 0.5) is 5.95 Å². The Kier molecular flexibility index (Phi) is 3.09. The average molecular weight is 273 g/mol. The summed E-state index contributed by atoms with van der Waals surface area (Å²) in [6, 6.07) is 11.7. The minimum atomic E-state index is 0.629. The molecule has 19 heavy (non-hydrogen) atoms. The molecule has 3 rings (SSSR count). The van der Waals surface area contributed by atoms with E-state index in [2.05, 4.69) is 15.4 Å². The monoisotopic (exact) mass is 272 g/mol. The van der Waals surface area contributed by atoms with Crippen molar-refractivity contribution in [2.24, 2.45) is 0 Å². The molecule has 3 aromatic rings. The third kappa shape index (κ3) is 2.53. The number of pyridine rings is 1. The van der Waals surface area contributed by atoms with E-state index in [1.54, 1.807) is 4.52 Å². The second kappa shape index (κ2) is 4.90. The Morgan fingerprint density at radius 1 is 1.21 bits per heavy atom. The van der Waals surface area contributed by atoms with Crippen molar-refractivity contribution in [1.82, 2.24) is 14.6 Å². The summed E-state index contributed by atoms with van der Waals surface area (Å²) in [5, 5.41) is 8.33. The van der Waals surface area contributed by atoms with E-state index in [1.165, 1.54) is 0 Å². The zero-order chi connectivity index (χ0) is 13.2. The van der Waals surface area contributed by atoms with Crippen LogP contribution in [0.3, 0.4) is 0 Å². The van der Waals surface area contributed by atoms with Crippen LogP contribution in [0.1, 0.15) is 11.1 Å². The SMILES string of the molecule is Cc1cccn2nc(NCc3ccc(Cl)cc3)nc12. The van der Waals surface area contributed by atoms with E-state index < -0.39 is 0 Å². The number of halogens is 1. The molecule has 96 valence electrons. The van der Waals surface area contributed by atoms with Crippen LogP contribution in [0.15, 0.2) is 42.6 Å². The molecule has 0 aliphatic carbocycles. The van der Waals surface area contributed by atoms with Gasteiger partial charge in [0.15, 0.2) is 5.65 Å². The standard InChI is InChI=1S/C14H13ClN4/c1-10-3-2-8-19-13(10)17-14(18-19)16-9-11-4-6-12(15)7-5-11/h2-8H,9H2,1H3,(H,16,18). The third-order valence-corrected chi connectivity index (χ3v) is 3.17. The fourth-order valence-corrected chi connectivity index (χ4v) is 2.02. The van der Waals surface area contributed by atoms with Gasteiger partial charge in [0.1, 0.15) is 0 Å². The maximum atomic E-state index is 5.85. The van der Waals surface area contributed by atoms with Crippen LogP contribution in [-0.4, -0.2) is 14.6 Å². The molecule has 1 aromatic carbocycles. The first-order valence-electron chi connectivity index (χ1n) is 6.03. The molecule has 0 radical (unpaired) electrons. The largest absolute Gasteiger partial charge is 0.349 e. The predicted octanol–water partition coefficient (Wildman–Crippen LogP) is 3.30. The van der Waals surface area contributed by atoms with Crippen LogP contribution < -0.4 is 5.32 Å². The van der Waals surface area contributed by atoms with Crippen molar-refractivity contribution in [2.45, 2.75) is 13.5 Å². The van der Waals surface area contributed by atoms with Crippen LogP contribution in [0, 0.1) is 6.92 Å².